The number of nitrogens with two attached hydrogens (primary N) is 1. The number of rotatable bonds is 10. The maximum atomic E-state index is 5.63. The van der Waals surface area contributed by atoms with Gasteiger partial charge in [-0.05, 0) is 12.5 Å². The molecular weight excluding hydrogens is 244 g/mol. The van der Waals surface area contributed by atoms with Crippen LogP contribution in [0.5, 0.6) is 5.75 Å². The van der Waals surface area contributed by atoms with E-state index in [1.807, 2.05) is 5.38 Å². The van der Waals surface area contributed by atoms with Gasteiger partial charge in [0.05, 0.1) is 13.2 Å². The normalized spacial score (nSPS) is 12.6. The average Bonchev–Trinajstić information content (AvgIpc) is 2.87. The largest absolute Gasteiger partial charge is 0.496 e. The summed E-state index contributed by atoms with van der Waals surface area (Å²) in [4.78, 5) is 1.27. The highest BCUT2D eigenvalue weighted by Crippen LogP contribution is 2.29. The van der Waals surface area contributed by atoms with Crippen molar-refractivity contribution in [3.05, 3.63) is 16.3 Å². The minimum Gasteiger partial charge on any atom is -0.496 e. The van der Waals surface area contributed by atoms with E-state index >= 15 is 0 Å². The molecule has 3 N–H and O–H groups in total. The van der Waals surface area contributed by atoms with E-state index < -0.39 is 0 Å². The smallest absolute Gasteiger partial charge is 0.129 e. The maximum absolute atomic E-state index is 5.63. The van der Waals surface area contributed by atoms with E-state index in [1.165, 1.54) is 43.4 Å². The molecule has 18 heavy (non-hydrogen) atoms. The van der Waals surface area contributed by atoms with Gasteiger partial charge in [0, 0.05) is 10.3 Å². The first-order valence-electron chi connectivity index (χ1n) is 6.90. The predicted molar refractivity (Wildman–Crippen MR) is 78.9 cm³/mol. The Kier molecular flexibility index (Phi) is 8.05. The van der Waals surface area contributed by atoms with Crippen molar-refractivity contribution in [1.29, 1.82) is 0 Å². The number of thiophene rings is 1. The van der Waals surface area contributed by atoms with E-state index in [9.17, 15) is 0 Å². The molecule has 1 heterocycles. The summed E-state index contributed by atoms with van der Waals surface area (Å²) in [7, 11) is 1.70. The van der Waals surface area contributed by atoms with Gasteiger partial charge < -0.3 is 4.74 Å². The number of hydrogen-bond donors (Lipinski definition) is 2. The van der Waals surface area contributed by atoms with E-state index in [-0.39, 0.29) is 6.04 Å². The Morgan fingerprint density at radius 3 is 2.61 bits per heavy atom. The number of nitrogens with one attached hydrogen (secondary N) is 1. The van der Waals surface area contributed by atoms with Gasteiger partial charge in [-0.25, -0.2) is 0 Å². The zero-order valence-electron chi connectivity index (χ0n) is 11.6. The van der Waals surface area contributed by atoms with Crippen molar-refractivity contribution in [3.8, 4) is 5.75 Å². The van der Waals surface area contributed by atoms with Crippen molar-refractivity contribution in [2.24, 2.45) is 5.84 Å². The molecule has 1 aromatic rings. The Balaban J connectivity index is 2.25. The Morgan fingerprint density at radius 2 is 2.00 bits per heavy atom. The fourth-order valence-electron chi connectivity index (χ4n) is 2.06. The first kappa shape index (κ1) is 15.5. The highest BCUT2D eigenvalue weighted by atomic mass is 32.1. The van der Waals surface area contributed by atoms with Crippen LogP contribution in [0.1, 0.15) is 62.8 Å². The lowest BCUT2D eigenvalue weighted by Crippen LogP contribution is -2.27. The highest BCUT2D eigenvalue weighted by Gasteiger charge is 2.12. The second-order valence-electron chi connectivity index (χ2n) is 4.66. The van der Waals surface area contributed by atoms with Crippen molar-refractivity contribution in [2.75, 3.05) is 7.11 Å². The van der Waals surface area contributed by atoms with E-state index in [0.717, 1.165) is 12.2 Å². The third-order valence-corrected chi connectivity index (χ3v) is 4.25. The summed E-state index contributed by atoms with van der Waals surface area (Å²) >= 11 is 1.71. The van der Waals surface area contributed by atoms with Gasteiger partial charge in [-0.2, -0.15) is 0 Å². The third-order valence-electron chi connectivity index (χ3n) is 3.22. The summed E-state index contributed by atoms with van der Waals surface area (Å²) < 4.78 is 5.20. The van der Waals surface area contributed by atoms with E-state index in [2.05, 4.69) is 18.4 Å². The molecule has 0 bridgehead atoms. The number of methoxy groups -OCH3 is 1. The number of hydrogen-bond acceptors (Lipinski definition) is 4. The summed E-state index contributed by atoms with van der Waals surface area (Å²) in [5, 5.41) is 2.03. The van der Waals surface area contributed by atoms with Gasteiger partial charge in [0.2, 0.25) is 0 Å². The molecule has 4 heteroatoms. The predicted octanol–water partition coefficient (Wildman–Crippen LogP) is 4.01. The molecule has 0 aliphatic carbocycles. The van der Waals surface area contributed by atoms with Gasteiger partial charge >= 0.3 is 0 Å². The van der Waals surface area contributed by atoms with Crippen LogP contribution in [0.4, 0.5) is 0 Å². The van der Waals surface area contributed by atoms with Crippen molar-refractivity contribution in [1.82, 2.24) is 5.43 Å². The van der Waals surface area contributed by atoms with Gasteiger partial charge in [-0.1, -0.05) is 45.4 Å². The molecule has 0 amide bonds. The quantitative estimate of drug-likeness (QED) is 0.383. The lowest BCUT2D eigenvalue weighted by molar-refractivity contribution is 0.415. The van der Waals surface area contributed by atoms with Gasteiger partial charge in [0.15, 0.2) is 0 Å². The number of ether oxygens (including phenoxy) is 1. The summed E-state index contributed by atoms with van der Waals surface area (Å²) in [6, 6.07) is 2.34. The minimum absolute atomic E-state index is 0.269. The molecule has 0 spiro atoms. The van der Waals surface area contributed by atoms with Crippen LogP contribution < -0.4 is 16.0 Å². The summed E-state index contributed by atoms with van der Waals surface area (Å²) in [6.45, 7) is 2.25. The number of unbranched alkanes of at least 4 members (excludes halogenated alkanes) is 5. The minimum atomic E-state index is 0.269. The molecule has 0 aliphatic heterocycles. The summed E-state index contributed by atoms with van der Waals surface area (Å²) in [5.41, 5.74) is 2.91. The van der Waals surface area contributed by atoms with E-state index in [1.54, 1.807) is 18.4 Å². The van der Waals surface area contributed by atoms with Crippen LogP contribution in [-0.4, -0.2) is 7.11 Å². The van der Waals surface area contributed by atoms with Crippen LogP contribution in [0.25, 0.3) is 0 Å². The molecule has 0 saturated carbocycles. The molecule has 0 radical (unpaired) electrons. The van der Waals surface area contributed by atoms with Crippen LogP contribution in [0.2, 0.25) is 0 Å². The summed E-state index contributed by atoms with van der Waals surface area (Å²) in [5.74, 6) is 6.56. The van der Waals surface area contributed by atoms with Crippen molar-refractivity contribution >= 4 is 11.3 Å². The molecule has 1 rings (SSSR count). The van der Waals surface area contributed by atoms with Crippen molar-refractivity contribution in [2.45, 2.75) is 57.9 Å². The molecule has 1 aromatic heterocycles. The first-order valence-corrected chi connectivity index (χ1v) is 7.78. The molecule has 0 fully saturated rings. The van der Waals surface area contributed by atoms with Crippen LogP contribution in [0, 0.1) is 0 Å². The Bertz CT molecular complexity index is 314. The Labute approximate surface area is 115 Å². The molecular formula is C14H26N2OS. The zero-order chi connectivity index (χ0) is 13.2. The highest BCUT2D eigenvalue weighted by molar-refractivity contribution is 7.10. The van der Waals surface area contributed by atoms with E-state index in [4.69, 9.17) is 10.6 Å². The molecule has 1 atom stereocenters. The van der Waals surface area contributed by atoms with Gasteiger partial charge in [-0.15, -0.1) is 11.3 Å². The Hall–Kier alpha value is -0.580. The fraction of sp³-hybridized carbons (Fsp3) is 0.714. The molecule has 0 aromatic carbocycles. The van der Waals surface area contributed by atoms with E-state index in [0.29, 0.717) is 0 Å². The monoisotopic (exact) mass is 270 g/mol. The van der Waals surface area contributed by atoms with Crippen LogP contribution in [0.15, 0.2) is 11.4 Å². The van der Waals surface area contributed by atoms with Crippen molar-refractivity contribution in [3.63, 3.8) is 0 Å². The molecule has 3 nitrogen and oxygen atoms in total. The van der Waals surface area contributed by atoms with Crippen molar-refractivity contribution < 1.29 is 4.74 Å². The number of hydrazine groups is 1. The SMILES string of the molecule is CCCCCCCCC(NN)c1cc(OC)cs1. The average molecular weight is 270 g/mol. The van der Waals surface area contributed by atoms with Gasteiger partial charge in [0.1, 0.15) is 5.75 Å². The Morgan fingerprint density at radius 1 is 1.28 bits per heavy atom. The topological polar surface area (TPSA) is 47.3 Å². The maximum Gasteiger partial charge on any atom is 0.129 e. The summed E-state index contributed by atoms with van der Waals surface area (Å²) in [6.07, 6.45) is 9.03. The lowest BCUT2D eigenvalue weighted by atomic mass is 10.1. The fourth-order valence-corrected chi connectivity index (χ4v) is 3.01. The molecule has 1 unspecified atom stereocenters. The van der Waals surface area contributed by atoms with Gasteiger partial charge in [0.25, 0.3) is 0 Å². The third kappa shape index (κ3) is 5.38. The second-order valence-corrected chi connectivity index (χ2v) is 5.61. The standard InChI is InChI=1S/C14H26N2OS/c1-3-4-5-6-7-8-9-13(16-15)14-10-12(17-2)11-18-14/h10-11,13,16H,3-9,15H2,1-2H3. The van der Waals surface area contributed by atoms with Crippen LogP contribution >= 0.6 is 11.3 Å². The van der Waals surface area contributed by atoms with Crippen LogP contribution in [-0.2, 0) is 0 Å². The molecule has 0 saturated heterocycles. The van der Waals surface area contributed by atoms with Gasteiger partial charge in [-0.3, -0.25) is 11.3 Å². The van der Waals surface area contributed by atoms with Crippen LogP contribution in [0.3, 0.4) is 0 Å². The second kappa shape index (κ2) is 9.36. The molecule has 104 valence electrons. The zero-order valence-corrected chi connectivity index (χ0v) is 12.4. The molecule has 0 aliphatic rings. The lowest BCUT2D eigenvalue weighted by Gasteiger charge is -2.13. The first-order chi connectivity index (χ1) is 8.81.